The minimum absolute atomic E-state index is 0. The smallest absolute Gasteiger partial charge is 0.229 e. The molecule has 8 aliphatic carbocycles. The second-order valence-electron chi connectivity index (χ2n) is 27.2. The molecule has 2 aromatic heterocycles. The summed E-state index contributed by atoms with van der Waals surface area (Å²) in [6.45, 7) is 14.2. The number of halogens is 2. The zero-order chi connectivity index (χ0) is 54.3. The molecule has 6 fully saturated rings. The third-order valence-electron chi connectivity index (χ3n) is 21.8. The Bertz CT molecular complexity index is 2710. The lowest BCUT2D eigenvalue weighted by Gasteiger charge is -2.43. The number of hydrogen-bond acceptors (Lipinski definition) is 7. The predicted octanol–water partition coefficient (Wildman–Crippen LogP) is 14.9. The number of nitrogens with one attached hydrogen (secondary N) is 1. The van der Waals surface area contributed by atoms with Crippen molar-refractivity contribution < 1.29 is 19.1 Å². The molecule has 1 amide bonds. The predicted molar refractivity (Wildman–Crippen MR) is 317 cm³/mol. The maximum atomic E-state index is 14.4. The largest absolute Gasteiger partial charge is 0.496 e. The summed E-state index contributed by atoms with van der Waals surface area (Å²) in [6, 6.07) is 17.5. The van der Waals surface area contributed by atoms with E-state index in [1.165, 1.54) is 151 Å². The van der Waals surface area contributed by atoms with Crippen LogP contribution in [0.25, 0.3) is 0 Å². The fraction of sp³-hybridized carbons (Fsp3) is 0.697. The maximum Gasteiger partial charge on any atom is 0.229 e. The SMILES string of the molecule is CC12CCC(C1)C(C)(C)C2N.COc1ccccc1C(Cc1nn(C2CCCCC2)c2c1CCCC2)C(=O)Cl.COc1ccccc1C(Cc1nn(C2CCCCC2)c2c1CCCC2)C(=O)NC1C2(C)CCC(C2)C1(C)C.Cl. The summed E-state index contributed by atoms with van der Waals surface area (Å²) in [5, 5.41) is 13.7. The molecular weight excluding hydrogens is 1010 g/mol. The number of nitrogens with zero attached hydrogens (tertiary/aromatic N) is 4. The highest BCUT2D eigenvalue weighted by molar-refractivity contribution is 6.64. The number of hydrogen-bond donors (Lipinski definition) is 2. The summed E-state index contributed by atoms with van der Waals surface area (Å²) in [6.07, 6.45) is 31.1. The van der Waals surface area contributed by atoms with E-state index < -0.39 is 5.92 Å². The lowest BCUT2D eigenvalue weighted by Crippen LogP contribution is -2.53. The molecule has 12 rings (SSSR count). The summed E-state index contributed by atoms with van der Waals surface area (Å²) in [5.41, 5.74) is 17.1. The molecule has 8 unspecified atom stereocenters. The zero-order valence-electron chi connectivity index (χ0n) is 48.9. The first kappa shape index (κ1) is 58.8. The van der Waals surface area contributed by atoms with E-state index in [1.807, 2.05) is 42.5 Å². The minimum Gasteiger partial charge on any atom is -0.496 e. The molecule has 0 aliphatic heterocycles. The summed E-state index contributed by atoms with van der Waals surface area (Å²) < 4.78 is 16.0. The normalized spacial score (nSPS) is 28.4. The quantitative estimate of drug-likeness (QED) is 0.128. The van der Waals surface area contributed by atoms with Crippen molar-refractivity contribution in [3.63, 3.8) is 0 Å². The van der Waals surface area contributed by atoms with Crippen LogP contribution in [0.3, 0.4) is 0 Å². The zero-order valence-corrected chi connectivity index (χ0v) is 50.5. The van der Waals surface area contributed by atoms with Gasteiger partial charge in [0.25, 0.3) is 0 Å². The highest BCUT2D eigenvalue weighted by atomic mass is 35.5. The van der Waals surface area contributed by atoms with E-state index in [-0.39, 0.29) is 46.3 Å². The van der Waals surface area contributed by atoms with Crippen molar-refractivity contribution >= 4 is 35.2 Å². The van der Waals surface area contributed by atoms with E-state index in [1.54, 1.807) is 14.2 Å². The number of carbonyl (C=O) groups excluding carboxylic acids is 2. The van der Waals surface area contributed by atoms with Gasteiger partial charge in [0.1, 0.15) is 11.5 Å². The molecule has 2 heterocycles. The van der Waals surface area contributed by atoms with E-state index in [0.29, 0.717) is 53.5 Å². The number of para-hydroxylation sites is 2. The Hall–Kier alpha value is -3.86. The van der Waals surface area contributed by atoms with Gasteiger partial charge in [-0.3, -0.25) is 19.0 Å². The number of ether oxygens (including phenoxy) is 2. The number of benzene rings is 2. The Balaban J connectivity index is 0.000000161. The van der Waals surface area contributed by atoms with Crippen LogP contribution in [0.15, 0.2) is 48.5 Å². The highest BCUT2D eigenvalue weighted by Crippen LogP contribution is 2.63. The Morgan fingerprint density at radius 3 is 1.47 bits per heavy atom. The van der Waals surface area contributed by atoms with Gasteiger partial charge in [0.15, 0.2) is 0 Å². The Labute approximate surface area is 479 Å². The van der Waals surface area contributed by atoms with Crippen molar-refractivity contribution in [1.29, 1.82) is 0 Å². The van der Waals surface area contributed by atoms with Crippen molar-refractivity contribution in [3.8, 4) is 11.5 Å². The number of fused-ring (bicyclic) bond motifs is 6. The highest BCUT2D eigenvalue weighted by Gasteiger charge is 2.60. The summed E-state index contributed by atoms with van der Waals surface area (Å²) in [4.78, 5) is 26.7. The summed E-state index contributed by atoms with van der Waals surface area (Å²) >= 11 is 6.07. The molecular formula is C66H96Cl2N6O4. The number of carbonyl (C=O) groups is 2. The molecule has 0 radical (unpaired) electrons. The fourth-order valence-electron chi connectivity index (χ4n) is 17.2. The first-order valence-corrected chi connectivity index (χ1v) is 31.0. The minimum atomic E-state index is -0.432. The van der Waals surface area contributed by atoms with Gasteiger partial charge in [0, 0.05) is 47.4 Å². The number of amides is 1. The van der Waals surface area contributed by atoms with Crippen molar-refractivity contribution in [3.05, 3.63) is 93.6 Å². The van der Waals surface area contributed by atoms with Crippen molar-refractivity contribution in [2.75, 3.05) is 14.2 Å². The molecule has 12 heteroatoms. The third-order valence-corrected chi connectivity index (χ3v) is 22.0. The van der Waals surface area contributed by atoms with Crippen LogP contribution in [0.1, 0.15) is 239 Å². The molecule has 3 N–H and O–H groups in total. The molecule has 2 aromatic carbocycles. The van der Waals surface area contributed by atoms with Crippen LogP contribution in [0.5, 0.6) is 11.5 Å². The van der Waals surface area contributed by atoms with Crippen molar-refractivity contribution in [2.24, 2.45) is 39.2 Å². The molecule has 4 aromatic rings. The van der Waals surface area contributed by atoms with Crippen LogP contribution in [-0.2, 0) is 48.1 Å². The van der Waals surface area contributed by atoms with Gasteiger partial charge in [-0.05, 0) is 184 Å². The van der Waals surface area contributed by atoms with Crippen LogP contribution in [0.4, 0.5) is 0 Å². The standard InChI is InChI=1S/C33H47N3O2.C23H29ClN2O2.C10H19N.ClH/c1-32(2)22-18-19-33(3,21-22)31(32)34-30(37)26(24-14-9-11-17-29(24)38-4)20-27-25-15-8-10-16-28(25)36(35-27)23-12-6-5-7-13-23;1-28-22-14-8-6-11-17(22)19(23(24)27)15-20-18-12-5-7-13-21(18)26(25-20)16-9-3-2-4-10-16;1-9(2)7-4-5-10(3,6-7)8(9)11;/h9,11,14,17,22-23,26,31H,5-8,10,12-13,15-16,18-21H2,1-4H3,(H,34,37);6,8,11,14,16,19H,2-5,7,9-10,12-13,15H2,1H3;7-8H,4-6,11H2,1-3H3;1H. The van der Waals surface area contributed by atoms with Gasteiger partial charge in [0.05, 0.1) is 49.5 Å². The second-order valence-corrected chi connectivity index (χ2v) is 27.6. The maximum absolute atomic E-state index is 14.4. The molecule has 428 valence electrons. The van der Waals surface area contributed by atoms with E-state index in [9.17, 15) is 9.59 Å². The molecule has 8 atom stereocenters. The average Bonchev–Trinajstić information content (AvgIpc) is 4.49. The first-order chi connectivity index (χ1) is 37.0. The van der Waals surface area contributed by atoms with Gasteiger partial charge in [-0.25, -0.2) is 0 Å². The number of nitrogens with two attached hydrogens (primary N) is 1. The van der Waals surface area contributed by atoms with Crippen LogP contribution in [0.2, 0.25) is 0 Å². The average molecular weight is 1110 g/mol. The number of methoxy groups -OCH3 is 2. The Morgan fingerprint density at radius 1 is 0.615 bits per heavy atom. The summed E-state index contributed by atoms with van der Waals surface area (Å²) in [7, 11) is 3.35. The molecule has 4 bridgehead atoms. The molecule has 6 saturated carbocycles. The lowest BCUT2D eigenvalue weighted by molar-refractivity contribution is -0.125. The number of aromatic nitrogens is 4. The Kier molecular flexibility index (Phi) is 18.3. The van der Waals surface area contributed by atoms with E-state index in [4.69, 9.17) is 37.0 Å². The second kappa shape index (κ2) is 24.3. The van der Waals surface area contributed by atoms with Gasteiger partial charge in [0.2, 0.25) is 11.1 Å². The molecule has 78 heavy (non-hydrogen) atoms. The van der Waals surface area contributed by atoms with Gasteiger partial charge in [-0.15, -0.1) is 12.4 Å². The topological polar surface area (TPSA) is 126 Å². The Morgan fingerprint density at radius 2 is 1.05 bits per heavy atom. The van der Waals surface area contributed by atoms with Crippen molar-refractivity contribution in [2.45, 2.75) is 244 Å². The van der Waals surface area contributed by atoms with Crippen molar-refractivity contribution in [1.82, 2.24) is 24.9 Å². The molecule has 0 saturated heterocycles. The van der Waals surface area contributed by atoms with E-state index in [2.05, 4.69) is 62.3 Å². The lowest BCUT2D eigenvalue weighted by atomic mass is 9.68. The van der Waals surface area contributed by atoms with E-state index >= 15 is 0 Å². The van der Waals surface area contributed by atoms with Crippen LogP contribution in [-0.4, -0.2) is 57.0 Å². The van der Waals surface area contributed by atoms with Gasteiger partial charge in [-0.2, -0.15) is 10.2 Å². The number of rotatable bonds is 13. The van der Waals surface area contributed by atoms with Crippen LogP contribution in [0, 0.1) is 33.5 Å². The van der Waals surface area contributed by atoms with Gasteiger partial charge < -0.3 is 20.5 Å². The monoisotopic (exact) mass is 1110 g/mol. The van der Waals surface area contributed by atoms with Gasteiger partial charge >= 0.3 is 0 Å². The summed E-state index contributed by atoms with van der Waals surface area (Å²) in [5.74, 6) is 2.50. The third kappa shape index (κ3) is 11.5. The van der Waals surface area contributed by atoms with Crippen LogP contribution >= 0.6 is 24.0 Å². The van der Waals surface area contributed by atoms with E-state index in [0.717, 1.165) is 59.9 Å². The molecule has 8 aliphatic rings. The fourth-order valence-corrected chi connectivity index (χ4v) is 17.4. The van der Waals surface area contributed by atoms with Gasteiger partial charge in [-0.1, -0.05) is 116 Å². The first-order valence-electron chi connectivity index (χ1n) is 30.7. The molecule has 0 spiro atoms. The van der Waals surface area contributed by atoms with Crippen LogP contribution < -0.4 is 20.5 Å². The molecule has 10 nitrogen and oxygen atoms in total.